The first-order valence-electron chi connectivity index (χ1n) is 8.19. The van der Waals surface area contributed by atoms with Crippen LogP contribution in [0.1, 0.15) is 25.8 Å². The van der Waals surface area contributed by atoms with Crippen molar-refractivity contribution in [2.24, 2.45) is 4.99 Å². The lowest BCUT2D eigenvalue weighted by molar-refractivity contribution is 0.0347. The molecule has 3 N–H and O–H groups in total. The summed E-state index contributed by atoms with van der Waals surface area (Å²) < 4.78 is 11.1. The maximum absolute atomic E-state index is 9.30. The predicted molar refractivity (Wildman–Crippen MR) is 90.7 cm³/mol. The van der Waals surface area contributed by atoms with Gasteiger partial charge in [-0.1, -0.05) is 12.1 Å². The molecule has 1 aliphatic rings. The van der Waals surface area contributed by atoms with E-state index in [-0.39, 0.29) is 17.9 Å². The zero-order chi connectivity index (χ0) is 16.5. The van der Waals surface area contributed by atoms with E-state index in [4.69, 9.17) is 9.47 Å². The minimum Gasteiger partial charge on any atom is -0.508 e. The topological polar surface area (TPSA) is 75.1 Å². The van der Waals surface area contributed by atoms with Gasteiger partial charge in [0.1, 0.15) is 5.75 Å². The quantitative estimate of drug-likeness (QED) is 0.526. The van der Waals surface area contributed by atoms with E-state index in [1.54, 1.807) is 12.1 Å². The first kappa shape index (κ1) is 17.6. The number of phenols is 1. The molecule has 0 saturated carbocycles. The van der Waals surface area contributed by atoms with Gasteiger partial charge < -0.3 is 25.2 Å². The molecule has 0 radical (unpaired) electrons. The van der Waals surface area contributed by atoms with Crippen LogP contribution in [0.25, 0.3) is 0 Å². The number of hydrogen-bond donors (Lipinski definition) is 3. The third-order valence-electron chi connectivity index (χ3n) is 3.55. The number of guanidine groups is 1. The maximum atomic E-state index is 9.30. The van der Waals surface area contributed by atoms with E-state index in [0.29, 0.717) is 19.8 Å². The molecule has 1 fully saturated rings. The number of benzene rings is 1. The third-order valence-corrected chi connectivity index (χ3v) is 3.55. The van der Waals surface area contributed by atoms with Crippen molar-refractivity contribution >= 4 is 5.96 Å². The molecule has 6 nitrogen and oxygen atoms in total. The van der Waals surface area contributed by atoms with Crippen LogP contribution in [0.5, 0.6) is 5.75 Å². The van der Waals surface area contributed by atoms with Gasteiger partial charge in [0, 0.05) is 19.2 Å². The molecule has 128 valence electrons. The van der Waals surface area contributed by atoms with Crippen molar-refractivity contribution in [1.82, 2.24) is 10.6 Å². The van der Waals surface area contributed by atoms with Gasteiger partial charge in [0.2, 0.25) is 0 Å². The Labute approximate surface area is 137 Å². The number of aromatic hydroxyl groups is 1. The van der Waals surface area contributed by atoms with Gasteiger partial charge in [-0.25, -0.2) is 4.99 Å². The van der Waals surface area contributed by atoms with Crippen molar-refractivity contribution in [2.75, 3.05) is 26.4 Å². The predicted octanol–water partition coefficient (Wildman–Crippen LogP) is 1.64. The fourth-order valence-corrected chi connectivity index (χ4v) is 2.29. The van der Waals surface area contributed by atoms with E-state index in [9.17, 15) is 5.11 Å². The average Bonchev–Trinajstić information content (AvgIpc) is 3.06. The second-order valence-corrected chi connectivity index (χ2v) is 5.73. The van der Waals surface area contributed by atoms with E-state index in [1.807, 2.05) is 19.1 Å². The minimum absolute atomic E-state index is 0.160. The number of rotatable bonds is 7. The standard InChI is InChI=1S/C17H27N3O3/c1-3-18-17(19-10-14-4-6-15(21)7-5-14)20-13(2)11-23-16-8-9-22-12-16/h4-7,13,16,21H,3,8-12H2,1-2H3,(H2,18,19,20). The third kappa shape index (κ3) is 6.46. The highest BCUT2D eigenvalue weighted by atomic mass is 16.5. The van der Waals surface area contributed by atoms with Gasteiger partial charge in [0.15, 0.2) is 5.96 Å². The van der Waals surface area contributed by atoms with Crippen LogP contribution in [0.3, 0.4) is 0 Å². The van der Waals surface area contributed by atoms with Crippen LogP contribution >= 0.6 is 0 Å². The Kier molecular flexibility index (Phi) is 7.16. The molecule has 1 aromatic rings. The molecule has 0 aliphatic carbocycles. The summed E-state index contributed by atoms with van der Waals surface area (Å²) in [6.45, 7) is 7.58. The summed E-state index contributed by atoms with van der Waals surface area (Å²) in [7, 11) is 0. The highest BCUT2D eigenvalue weighted by molar-refractivity contribution is 5.80. The second kappa shape index (κ2) is 9.37. The van der Waals surface area contributed by atoms with Crippen LogP contribution in [0.15, 0.2) is 29.3 Å². The van der Waals surface area contributed by atoms with Crippen molar-refractivity contribution in [3.8, 4) is 5.75 Å². The number of ether oxygens (including phenoxy) is 2. The smallest absolute Gasteiger partial charge is 0.191 e. The van der Waals surface area contributed by atoms with E-state index in [0.717, 1.165) is 31.1 Å². The highest BCUT2D eigenvalue weighted by Gasteiger charge is 2.17. The SMILES string of the molecule is CCNC(=NCc1ccc(O)cc1)NC(C)COC1CCOC1. The van der Waals surface area contributed by atoms with Crippen LogP contribution in [0.4, 0.5) is 0 Å². The van der Waals surface area contributed by atoms with Gasteiger partial charge in [-0.05, 0) is 38.0 Å². The summed E-state index contributed by atoms with van der Waals surface area (Å²) in [5.41, 5.74) is 1.05. The molecule has 6 heteroatoms. The van der Waals surface area contributed by atoms with Gasteiger partial charge in [-0.2, -0.15) is 0 Å². The zero-order valence-corrected chi connectivity index (χ0v) is 13.9. The van der Waals surface area contributed by atoms with Gasteiger partial charge in [-0.15, -0.1) is 0 Å². The van der Waals surface area contributed by atoms with Crippen LogP contribution in [0, 0.1) is 0 Å². The van der Waals surface area contributed by atoms with Gasteiger partial charge >= 0.3 is 0 Å². The van der Waals surface area contributed by atoms with E-state index >= 15 is 0 Å². The summed E-state index contributed by atoms with van der Waals surface area (Å²) >= 11 is 0. The Hall–Kier alpha value is -1.79. The zero-order valence-electron chi connectivity index (χ0n) is 13.9. The van der Waals surface area contributed by atoms with Crippen LogP contribution in [-0.2, 0) is 16.0 Å². The van der Waals surface area contributed by atoms with Crippen LogP contribution in [0.2, 0.25) is 0 Å². The summed E-state index contributed by atoms with van der Waals surface area (Å²) in [6.07, 6.45) is 1.19. The molecule has 23 heavy (non-hydrogen) atoms. The molecule has 0 spiro atoms. The average molecular weight is 321 g/mol. The molecule has 0 bridgehead atoms. The van der Waals surface area contributed by atoms with Crippen molar-refractivity contribution in [2.45, 2.75) is 39.0 Å². The van der Waals surface area contributed by atoms with Crippen molar-refractivity contribution in [1.29, 1.82) is 0 Å². The van der Waals surface area contributed by atoms with E-state index in [2.05, 4.69) is 22.5 Å². The minimum atomic E-state index is 0.160. The molecule has 2 atom stereocenters. The Bertz CT molecular complexity index is 484. The molecule has 2 rings (SSSR count). The highest BCUT2D eigenvalue weighted by Crippen LogP contribution is 2.10. The molecule has 1 heterocycles. The first-order chi connectivity index (χ1) is 11.2. The molecule has 1 aromatic carbocycles. The summed E-state index contributed by atoms with van der Waals surface area (Å²) in [5.74, 6) is 1.03. The van der Waals surface area contributed by atoms with Crippen molar-refractivity contribution in [3.05, 3.63) is 29.8 Å². The molecular weight excluding hydrogens is 294 g/mol. The lowest BCUT2D eigenvalue weighted by Crippen LogP contribution is -2.44. The Morgan fingerprint density at radius 3 is 2.87 bits per heavy atom. The van der Waals surface area contributed by atoms with E-state index in [1.165, 1.54) is 0 Å². The molecule has 2 unspecified atom stereocenters. The molecule has 1 saturated heterocycles. The molecular formula is C17H27N3O3. The maximum Gasteiger partial charge on any atom is 0.191 e. The van der Waals surface area contributed by atoms with Crippen molar-refractivity contribution < 1.29 is 14.6 Å². The first-order valence-corrected chi connectivity index (χ1v) is 8.19. The van der Waals surface area contributed by atoms with Crippen LogP contribution < -0.4 is 10.6 Å². The number of nitrogens with zero attached hydrogens (tertiary/aromatic N) is 1. The lowest BCUT2D eigenvalue weighted by Gasteiger charge is -2.19. The molecule has 0 aromatic heterocycles. The van der Waals surface area contributed by atoms with E-state index < -0.39 is 0 Å². The number of nitrogens with one attached hydrogen (secondary N) is 2. The van der Waals surface area contributed by atoms with Gasteiger partial charge in [0.05, 0.1) is 25.9 Å². The molecule has 0 amide bonds. The fraction of sp³-hybridized carbons (Fsp3) is 0.588. The number of hydrogen-bond acceptors (Lipinski definition) is 4. The Morgan fingerprint density at radius 2 is 2.22 bits per heavy atom. The largest absolute Gasteiger partial charge is 0.508 e. The van der Waals surface area contributed by atoms with Crippen molar-refractivity contribution in [3.63, 3.8) is 0 Å². The number of aliphatic imine (C=N–C) groups is 1. The summed E-state index contributed by atoms with van der Waals surface area (Å²) in [6, 6.07) is 7.24. The normalized spacial score (nSPS) is 19.6. The number of phenolic OH excluding ortho intramolecular Hbond substituents is 1. The molecule has 1 aliphatic heterocycles. The Balaban J connectivity index is 1.81. The monoisotopic (exact) mass is 321 g/mol. The summed E-state index contributed by atoms with van der Waals surface area (Å²) in [5, 5.41) is 15.9. The van der Waals surface area contributed by atoms with Gasteiger partial charge in [-0.3, -0.25) is 0 Å². The fourth-order valence-electron chi connectivity index (χ4n) is 2.29. The Morgan fingerprint density at radius 1 is 1.43 bits per heavy atom. The summed E-state index contributed by atoms with van der Waals surface area (Å²) in [4.78, 5) is 4.57. The second-order valence-electron chi connectivity index (χ2n) is 5.73. The van der Waals surface area contributed by atoms with Gasteiger partial charge in [0.25, 0.3) is 0 Å². The lowest BCUT2D eigenvalue weighted by atomic mass is 10.2. The van der Waals surface area contributed by atoms with Crippen LogP contribution in [-0.4, -0.2) is 49.6 Å².